The van der Waals surface area contributed by atoms with E-state index in [0.717, 1.165) is 144 Å². The van der Waals surface area contributed by atoms with Crippen molar-refractivity contribution in [1.29, 1.82) is 0 Å². The fourth-order valence-corrected chi connectivity index (χ4v) is 12.1. The lowest BCUT2D eigenvalue weighted by Crippen LogP contribution is -2.37. The maximum absolute atomic E-state index is 10.6. The van der Waals surface area contributed by atoms with Crippen LogP contribution >= 0.6 is 0 Å². The number of nitrogens with one attached hydrogen (secondary N) is 4. The van der Waals surface area contributed by atoms with Crippen LogP contribution in [-0.2, 0) is 26.1 Å². The van der Waals surface area contributed by atoms with E-state index >= 15 is 0 Å². The zero-order valence-corrected chi connectivity index (χ0v) is 47.2. The van der Waals surface area contributed by atoms with E-state index in [9.17, 15) is 20.4 Å². The molecule has 82 heavy (non-hydrogen) atoms. The summed E-state index contributed by atoms with van der Waals surface area (Å²) >= 11 is 0. The van der Waals surface area contributed by atoms with Gasteiger partial charge < -0.3 is 42.1 Å². The number of aromatic nitrogens is 5. The summed E-state index contributed by atoms with van der Waals surface area (Å²) in [7, 11) is 0. The Bertz CT molecular complexity index is 2910. The topological polar surface area (TPSA) is 242 Å². The number of nitrogens with zero attached hydrogens (tertiary/aromatic N) is 8. The molecule has 5 heterocycles. The molecule has 0 amide bonds. The van der Waals surface area contributed by atoms with Crippen molar-refractivity contribution in [3.05, 3.63) is 167 Å². The van der Waals surface area contributed by atoms with Crippen LogP contribution in [-0.4, -0.2) is 116 Å². The van der Waals surface area contributed by atoms with E-state index in [1.54, 1.807) is 0 Å². The first-order chi connectivity index (χ1) is 40.0. The zero-order valence-electron chi connectivity index (χ0n) is 47.2. The maximum atomic E-state index is 10.6. The van der Waals surface area contributed by atoms with Crippen LogP contribution in [0, 0.1) is 47.9 Å². The molecule has 2 aromatic heterocycles. The molecule has 0 bridgehead atoms. The Kier molecular flexibility index (Phi) is 21.6. The molecule has 5 aromatic rings. The molecule has 5 aliphatic carbocycles. The maximum Gasteiger partial charge on any atom is 0.130 e. The lowest BCUT2D eigenvalue weighted by atomic mass is 10.0. The van der Waals surface area contributed by atoms with E-state index in [0.29, 0.717) is 18.9 Å². The summed E-state index contributed by atoms with van der Waals surface area (Å²) in [6.45, 7) is 6.20. The molecule has 434 valence electrons. The predicted octanol–water partition coefficient (Wildman–Crippen LogP) is 6.08. The van der Waals surface area contributed by atoms with Gasteiger partial charge in [0.15, 0.2) is 0 Å². The molecule has 18 heteroatoms. The smallest absolute Gasteiger partial charge is 0.130 e. The third kappa shape index (κ3) is 16.3. The van der Waals surface area contributed by atoms with Gasteiger partial charge in [-0.25, -0.2) is 14.6 Å². The number of nitrogens with two attached hydrogens (primary N) is 1. The Morgan fingerprint density at radius 2 is 1.12 bits per heavy atom. The largest absolute Gasteiger partial charge is 0.392 e. The number of aliphatic hydroxyl groups is 5. The van der Waals surface area contributed by atoms with Gasteiger partial charge >= 0.3 is 0 Å². The highest BCUT2D eigenvalue weighted by atomic mass is 16.3. The molecule has 0 spiro atoms. The minimum atomic E-state index is -0.464. The minimum Gasteiger partial charge on any atom is -0.392 e. The Balaban J connectivity index is 0.000000133. The fraction of sp³-hybridized carbons (Fsp3) is 0.469. The summed E-state index contributed by atoms with van der Waals surface area (Å²) in [6.07, 6.45) is 26.8. The first kappa shape index (κ1) is 59.5. The number of rotatable bonds is 11. The number of aliphatic hydroxyl groups excluding tert-OH is 5. The van der Waals surface area contributed by atoms with Gasteiger partial charge in [-0.05, 0) is 99.8 Å². The minimum absolute atomic E-state index is 0.0449. The molecular weight excluding hydrogens is 1030 g/mol. The Labute approximate surface area is 483 Å². The first-order valence-corrected chi connectivity index (χ1v) is 29.3. The summed E-state index contributed by atoms with van der Waals surface area (Å²) in [6, 6.07) is 30.8. The Morgan fingerprint density at radius 1 is 0.598 bits per heavy atom. The lowest BCUT2D eigenvalue weighted by molar-refractivity contribution is 0.144. The normalized spacial score (nSPS) is 26.8. The van der Waals surface area contributed by atoms with Crippen molar-refractivity contribution in [2.24, 2.45) is 23.7 Å². The van der Waals surface area contributed by atoms with Crippen molar-refractivity contribution in [2.75, 3.05) is 25.4 Å². The number of hydrazine groups is 4. The monoisotopic (exact) mass is 1110 g/mol. The van der Waals surface area contributed by atoms with Crippen LogP contribution in [0.3, 0.4) is 0 Å². The number of anilines is 1. The standard InChI is InChI=1S/C21H23N7O.2C14H19N3O.C8H12O.C7H10O/c22-21-16-7-6-15(20(16)23-13-24-21)9-27-10-17(19(29)12-27)18-11-28(26-25-18)8-14-4-2-1-3-5-14;2*18-14-8-4-7-12(14)13-10-17(16-15-13)9-11-5-2-1-3-6-11;1-2-4-7-5-3-6-8(7)9;1-2-6-4-3-5-7(6)8/h1-6,11,13,17,19,29H,7-10,12H2,(H2,22,23,24);2*1-3,5-6,10,12,14-16,18H,4,7-9H2;7-9H,3,5-6H2,1H3;1,6-8H,3-5H2/t17-,19+;2*12-,14+;7-,8-;6-,7-/m11100/s1. The van der Waals surface area contributed by atoms with Crippen molar-refractivity contribution in [1.82, 2.24) is 61.8 Å². The van der Waals surface area contributed by atoms with Crippen molar-refractivity contribution in [3.63, 3.8) is 0 Å². The van der Waals surface area contributed by atoms with E-state index in [-0.39, 0.29) is 54.0 Å². The number of terminal acetylenes is 1. The highest BCUT2D eigenvalue weighted by Gasteiger charge is 2.36. The number of fused-ring (bicyclic) bond motifs is 1. The summed E-state index contributed by atoms with van der Waals surface area (Å²) in [4.78, 5) is 10.7. The average Bonchev–Trinajstić information content (AvgIpc) is 4.35. The third-order valence-corrected chi connectivity index (χ3v) is 16.6. The van der Waals surface area contributed by atoms with Gasteiger partial charge in [0.05, 0.1) is 72.9 Å². The number of hydrogen-bond acceptors (Lipinski definition) is 17. The van der Waals surface area contributed by atoms with Gasteiger partial charge in [0.1, 0.15) is 12.1 Å². The molecule has 4 saturated carbocycles. The van der Waals surface area contributed by atoms with Gasteiger partial charge in [-0.15, -0.1) is 34.4 Å². The van der Waals surface area contributed by atoms with E-state index in [2.05, 4.69) is 120 Å². The highest BCUT2D eigenvalue weighted by Crippen LogP contribution is 2.35. The van der Waals surface area contributed by atoms with E-state index in [4.69, 9.17) is 17.3 Å². The van der Waals surface area contributed by atoms with Gasteiger partial charge in [0.2, 0.25) is 0 Å². The average molecular weight is 1110 g/mol. The van der Waals surface area contributed by atoms with Crippen LogP contribution in [0.2, 0.25) is 0 Å². The molecule has 10 atom stereocenters. The second kappa shape index (κ2) is 29.7. The third-order valence-electron chi connectivity index (χ3n) is 16.6. The van der Waals surface area contributed by atoms with Crippen LogP contribution in [0.5, 0.6) is 0 Å². The molecule has 5 fully saturated rings. The van der Waals surface area contributed by atoms with Crippen LogP contribution in [0.1, 0.15) is 124 Å². The number of allylic oxidation sites excluding steroid dienone is 1. The van der Waals surface area contributed by atoms with Crippen LogP contribution in [0.25, 0.3) is 5.57 Å². The van der Waals surface area contributed by atoms with Gasteiger partial charge in [0, 0.05) is 73.4 Å². The van der Waals surface area contributed by atoms with Crippen LogP contribution in [0.4, 0.5) is 5.82 Å². The van der Waals surface area contributed by atoms with Crippen molar-refractivity contribution >= 4 is 11.4 Å². The number of likely N-dealkylation sites (tertiary alicyclic amines) is 1. The van der Waals surface area contributed by atoms with Gasteiger partial charge in [0.25, 0.3) is 0 Å². The molecular formula is C64H83N13O5. The molecule has 0 unspecified atom stereocenters. The van der Waals surface area contributed by atoms with Gasteiger partial charge in [-0.1, -0.05) is 121 Å². The first-order valence-electron chi connectivity index (χ1n) is 29.3. The number of nitrogen functional groups attached to an aromatic ring is 1. The summed E-state index contributed by atoms with van der Waals surface area (Å²) in [5.74, 6) is 9.84. The molecule has 11 N–H and O–H groups in total. The fourth-order valence-electron chi connectivity index (χ4n) is 12.1. The SMILES string of the molecule is C#C[C@H]1CCC[C@@H]1O.CC#C[C@H]1CCC[C@@H]1O.Nc1ncnc2c1CC=C2CN1C[C@H](c2cn(Cc3ccccc3)nn2)[C@@H](O)C1.O[C@H]1CCC[C@@H]1C1=CN(Cc2ccccc2)NN1.O[C@H]1CCC[C@@H]1C1=CN(Cc2ccccc2)NN1. The van der Waals surface area contributed by atoms with E-state index in [1.165, 1.54) is 23.0 Å². The molecule has 3 aliphatic heterocycles. The van der Waals surface area contributed by atoms with Gasteiger partial charge in [-0.3, -0.25) is 14.9 Å². The van der Waals surface area contributed by atoms with Crippen molar-refractivity contribution in [3.8, 4) is 24.2 Å². The second-order valence-corrected chi connectivity index (χ2v) is 22.6. The molecule has 13 rings (SSSR count). The summed E-state index contributed by atoms with van der Waals surface area (Å²) in [5, 5.41) is 61.3. The van der Waals surface area contributed by atoms with Gasteiger partial charge in [-0.2, -0.15) is 0 Å². The molecule has 8 aliphatic rings. The summed E-state index contributed by atoms with van der Waals surface area (Å²) < 4.78 is 1.83. The van der Waals surface area contributed by atoms with E-state index in [1.807, 2.05) is 82.4 Å². The van der Waals surface area contributed by atoms with Crippen molar-refractivity contribution in [2.45, 2.75) is 146 Å². The number of benzene rings is 3. The quantitative estimate of drug-likeness (QED) is 0.0675. The molecule has 1 saturated heterocycles. The van der Waals surface area contributed by atoms with E-state index < -0.39 is 6.10 Å². The summed E-state index contributed by atoms with van der Waals surface area (Å²) in [5.41, 5.74) is 28.4. The Morgan fingerprint density at radius 3 is 1.61 bits per heavy atom. The zero-order chi connectivity index (χ0) is 57.2. The van der Waals surface area contributed by atoms with Crippen LogP contribution in [0.15, 0.2) is 133 Å². The highest BCUT2D eigenvalue weighted by molar-refractivity contribution is 5.74. The number of β-amino-alcohol motifs (C(OH)–C–C–N with tert-alkyl or cyclic N) is 1. The Hall–Kier alpha value is -7.10. The number of hydrogen-bond donors (Lipinski definition) is 10. The lowest BCUT2D eigenvalue weighted by Gasteiger charge is -2.16. The predicted molar refractivity (Wildman–Crippen MR) is 317 cm³/mol. The van der Waals surface area contributed by atoms with Crippen LogP contribution < -0.4 is 27.7 Å². The molecule has 18 nitrogen and oxygen atoms in total. The molecule has 3 aromatic carbocycles. The second-order valence-electron chi connectivity index (χ2n) is 22.6. The van der Waals surface area contributed by atoms with Crippen molar-refractivity contribution < 1.29 is 25.5 Å². The molecule has 0 radical (unpaired) electrons.